The van der Waals surface area contributed by atoms with E-state index in [4.69, 9.17) is 4.74 Å². The van der Waals surface area contributed by atoms with Gasteiger partial charge in [0.15, 0.2) is 0 Å². The van der Waals surface area contributed by atoms with Crippen molar-refractivity contribution in [3.05, 3.63) is 71.8 Å². The van der Waals surface area contributed by atoms with E-state index in [1.54, 1.807) is 68.7 Å². The summed E-state index contributed by atoms with van der Waals surface area (Å²) >= 11 is 0. The zero-order valence-electron chi connectivity index (χ0n) is 14.1. The summed E-state index contributed by atoms with van der Waals surface area (Å²) in [7, 11) is 3.17. The molecular weight excluding hydrogens is 320 g/mol. The van der Waals surface area contributed by atoms with Gasteiger partial charge < -0.3 is 15.0 Å². The van der Waals surface area contributed by atoms with E-state index >= 15 is 0 Å². The summed E-state index contributed by atoms with van der Waals surface area (Å²) in [6, 6.07) is 17.3. The quantitative estimate of drug-likeness (QED) is 0.814. The maximum atomic E-state index is 12.3. The molecule has 6 nitrogen and oxygen atoms in total. The predicted molar refractivity (Wildman–Crippen MR) is 92.7 cm³/mol. The van der Waals surface area contributed by atoms with Crippen molar-refractivity contribution in [2.24, 2.45) is 0 Å². The van der Waals surface area contributed by atoms with Crippen molar-refractivity contribution in [2.75, 3.05) is 20.6 Å². The molecule has 25 heavy (non-hydrogen) atoms. The Bertz CT molecular complexity index is 730. The standard InChI is InChI=1S/C19H20N2O4/c1-21(2)19(24)17(14-9-5-3-6-10-14)25-16(22)13-20-18(23)15-11-7-4-8-12-15/h3-12,17H,13H2,1-2H3,(H,20,23). The summed E-state index contributed by atoms with van der Waals surface area (Å²) < 4.78 is 5.30. The molecule has 1 unspecified atom stereocenters. The molecule has 0 spiro atoms. The van der Waals surface area contributed by atoms with Crippen molar-refractivity contribution in [3.63, 3.8) is 0 Å². The molecule has 130 valence electrons. The molecule has 0 saturated heterocycles. The molecule has 0 bridgehead atoms. The van der Waals surface area contributed by atoms with Crippen LogP contribution in [-0.4, -0.2) is 43.3 Å². The number of hydrogen-bond acceptors (Lipinski definition) is 4. The Morgan fingerprint density at radius 2 is 1.52 bits per heavy atom. The number of esters is 1. The van der Waals surface area contributed by atoms with E-state index in [1.165, 1.54) is 4.90 Å². The van der Waals surface area contributed by atoms with E-state index in [0.29, 0.717) is 11.1 Å². The number of benzene rings is 2. The Kier molecular flexibility index (Phi) is 6.28. The number of carbonyl (C=O) groups is 3. The first kappa shape index (κ1) is 18.2. The van der Waals surface area contributed by atoms with Crippen LogP contribution in [0.5, 0.6) is 0 Å². The van der Waals surface area contributed by atoms with Crippen LogP contribution in [0, 0.1) is 0 Å². The Balaban J connectivity index is 2.00. The van der Waals surface area contributed by atoms with Gasteiger partial charge in [-0.15, -0.1) is 0 Å². The van der Waals surface area contributed by atoms with E-state index in [0.717, 1.165) is 0 Å². The molecule has 0 aliphatic heterocycles. The number of ether oxygens (including phenoxy) is 1. The molecule has 0 radical (unpaired) electrons. The van der Waals surface area contributed by atoms with Crippen molar-refractivity contribution in [1.82, 2.24) is 10.2 Å². The number of nitrogens with zero attached hydrogens (tertiary/aromatic N) is 1. The fourth-order valence-electron chi connectivity index (χ4n) is 2.14. The molecule has 1 atom stereocenters. The summed E-state index contributed by atoms with van der Waals surface area (Å²) in [5.74, 6) is -1.42. The van der Waals surface area contributed by atoms with Crippen molar-refractivity contribution in [1.29, 1.82) is 0 Å². The lowest BCUT2D eigenvalue weighted by atomic mass is 10.1. The number of likely N-dealkylation sites (N-methyl/N-ethyl adjacent to an activating group) is 1. The molecule has 2 aromatic carbocycles. The third-order valence-electron chi connectivity index (χ3n) is 3.45. The summed E-state index contributed by atoms with van der Waals surface area (Å²) in [5.41, 5.74) is 1.02. The van der Waals surface area contributed by atoms with E-state index in [1.807, 2.05) is 6.07 Å². The lowest BCUT2D eigenvalue weighted by Gasteiger charge is -2.21. The zero-order valence-corrected chi connectivity index (χ0v) is 14.1. The summed E-state index contributed by atoms with van der Waals surface area (Å²) in [5, 5.41) is 2.49. The van der Waals surface area contributed by atoms with Crippen LogP contribution in [0.15, 0.2) is 60.7 Å². The first-order chi connectivity index (χ1) is 12.0. The summed E-state index contributed by atoms with van der Waals surface area (Å²) in [6.45, 7) is -0.322. The number of hydrogen-bond donors (Lipinski definition) is 1. The van der Waals surface area contributed by atoms with Crippen LogP contribution in [0.1, 0.15) is 22.0 Å². The van der Waals surface area contributed by atoms with Crippen LogP contribution >= 0.6 is 0 Å². The zero-order chi connectivity index (χ0) is 18.2. The van der Waals surface area contributed by atoms with Crippen LogP contribution < -0.4 is 5.32 Å². The fraction of sp³-hybridized carbons (Fsp3) is 0.211. The maximum absolute atomic E-state index is 12.3. The molecule has 0 aliphatic carbocycles. The highest BCUT2D eigenvalue weighted by Crippen LogP contribution is 2.19. The molecule has 0 aromatic heterocycles. The highest BCUT2D eigenvalue weighted by atomic mass is 16.5. The average molecular weight is 340 g/mol. The van der Waals surface area contributed by atoms with Crippen LogP contribution in [-0.2, 0) is 14.3 Å². The largest absolute Gasteiger partial charge is 0.446 e. The summed E-state index contributed by atoms with van der Waals surface area (Å²) in [6.07, 6.45) is -1.04. The normalized spacial score (nSPS) is 11.3. The first-order valence-electron chi connectivity index (χ1n) is 7.78. The van der Waals surface area contributed by atoms with Crippen molar-refractivity contribution in [2.45, 2.75) is 6.10 Å². The molecule has 2 aromatic rings. The van der Waals surface area contributed by atoms with Gasteiger partial charge >= 0.3 is 5.97 Å². The summed E-state index contributed by atoms with van der Waals surface area (Å²) in [4.78, 5) is 37.7. The molecular formula is C19H20N2O4. The van der Waals surface area contributed by atoms with Gasteiger partial charge in [-0.05, 0) is 12.1 Å². The minimum absolute atomic E-state index is 0.322. The molecule has 0 saturated carbocycles. The lowest BCUT2D eigenvalue weighted by molar-refractivity contribution is -0.158. The second-order valence-electron chi connectivity index (χ2n) is 5.56. The smallest absolute Gasteiger partial charge is 0.326 e. The van der Waals surface area contributed by atoms with E-state index in [-0.39, 0.29) is 18.4 Å². The minimum Gasteiger partial charge on any atom is -0.446 e. The van der Waals surface area contributed by atoms with Gasteiger partial charge in [-0.3, -0.25) is 14.4 Å². The van der Waals surface area contributed by atoms with Gasteiger partial charge in [0.05, 0.1) is 0 Å². The molecule has 0 heterocycles. The molecule has 0 fully saturated rings. The highest BCUT2D eigenvalue weighted by Gasteiger charge is 2.26. The van der Waals surface area contributed by atoms with Gasteiger partial charge in [0, 0.05) is 25.2 Å². The Hall–Kier alpha value is -3.15. The number of amides is 2. The van der Waals surface area contributed by atoms with Gasteiger partial charge in [-0.2, -0.15) is 0 Å². The number of carbonyl (C=O) groups excluding carboxylic acids is 3. The molecule has 2 rings (SSSR count). The average Bonchev–Trinajstić information content (AvgIpc) is 2.65. The van der Waals surface area contributed by atoms with Crippen molar-refractivity contribution in [3.8, 4) is 0 Å². The van der Waals surface area contributed by atoms with Crippen molar-refractivity contribution >= 4 is 17.8 Å². The van der Waals surface area contributed by atoms with Crippen LogP contribution in [0.4, 0.5) is 0 Å². The molecule has 6 heteroatoms. The maximum Gasteiger partial charge on any atom is 0.326 e. The van der Waals surface area contributed by atoms with Gasteiger partial charge in [-0.25, -0.2) is 0 Å². The van der Waals surface area contributed by atoms with Gasteiger partial charge in [-0.1, -0.05) is 48.5 Å². The molecule has 2 amide bonds. The van der Waals surface area contributed by atoms with Crippen LogP contribution in [0.2, 0.25) is 0 Å². The fourth-order valence-corrected chi connectivity index (χ4v) is 2.14. The SMILES string of the molecule is CN(C)C(=O)C(OC(=O)CNC(=O)c1ccccc1)c1ccccc1. The Labute approximate surface area is 146 Å². The van der Waals surface area contributed by atoms with Crippen LogP contribution in [0.25, 0.3) is 0 Å². The van der Waals surface area contributed by atoms with Crippen LogP contribution in [0.3, 0.4) is 0 Å². The number of rotatable bonds is 6. The second-order valence-corrected chi connectivity index (χ2v) is 5.56. The van der Waals surface area contributed by atoms with Gasteiger partial charge in [0.2, 0.25) is 6.10 Å². The third-order valence-corrected chi connectivity index (χ3v) is 3.45. The molecule has 0 aliphatic rings. The van der Waals surface area contributed by atoms with E-state index in [9.17, 15) is 14.4 Å². The van der Waals surface area contributed by atoms with Gasteiger partial charge in [0.1, 0.15) is 6.54 Å². The van der Waals surface area contributed by atoms with Gasteiger partial charge in [0.25, 0.3) is 11.8 Å². The number of nitrogens with one attached hydrogen (secondary N) is 1. The monoisotopic (exact) mass is 340 g/mol. The Morgan fingerprint density at radius 1 is 0.960 bits per heavy atom. The second kappa shape index (κ2) is 8.63. The highest BCUT2D eigenvalue weighted by molar-refractivity contribution is 5.96. The lowest BCUT2D eigenvalue weighted by Crippen LogP contribution is -2.35. The van der Waals surface area contributed by atoms with E-state index in [2.05, 4.69) is 5.32 Å². The Morgan fingerprint density at radius 3 is 2.08 bits per heavy atom. The van der Waals surface area contributed by atoms with E-state index < -0.39 is 12.1 Å². The first-order valence-corrected chi connectivity index (χ1v) is 7.78. The predicted octanol–water partition coefficient (Wildman–Crippen LogP) is 1.79. The minimum atomic E-state index is -1.04. The topological polar surface area (TPSA) is 75.7 Å². The third kappa shape index (κ3) is 5.17. The molecule has 1 N–H and O–H groups in total. The van der Waals surface area contributed by atoms with Crippen molar-refractivity contribution < 1.29 is 19.1 Å².